The zero-order valence-corrected chi connectivity index (χ0v) is 9.39. The number of hydrogen-bond donors (Lipinski definition) is 2. The van der Waals surface area contributed by atoms with Crippen LogP contribution in [0.15, 0.2) is 6.20 Å². The number of nitrogen functional groups attached to an aromatic ring is 1. The molecule has 0 aliphatic carbocycles. The number of rotatable bonds is 2. The van der Waals surface area contributed by atoms with E-state index in [4.69, 9.17) is 22.4 Å². The summed E-state index contributed by atoms with van der Waals surface area (Å²) in [4.78, 5) is 31.1. The van der Waals surface area contributed by atoms with E-state index in [1.54, 1.807) is 0 Å². The highest BCUT2D eigenvalue weighted by molar-refractivity contribution is 6.28. The molecule has 7 nitrogen and oxygen atoms in total. The van der Waals surface area contributed by atoms with Crippen molar-refractivity contribution in [3.8, 4) is 0 Å². The van der Waals surface area contributed by atoms with Crippen LogP contribution in [-0.4, -0.2) is 33.5 Å². The van der Waals surface area contributed by atoms with Crippen molar-refractivity contribution in [1.29, 1.82) is 0 Å². The van der Waals surface area contributed by atoms with Gasteiger partial charge in [0.2, 0.25) is 11.2 Å². The Balaban J connectivity index is 2.29. The van der Waals surface area contributed by atoms with Crippen LogP contribution in [0.5, 0.6) is 0 Å². The Kier molecular flexibility index (Phi) is 2.84. The minimum absolute atomic E-state index is 0.0207. The fraction of sp³-hybridized carbons (Fsp3) is 0.333. The molecule has 17 heavy (non-hydrogen) atoms. The lowest BCUT2D eigenvalue weighted by molar-refractivity contribution is -0.141. The van der Waals surface area contributed by atoms with Gasteiger partial charge in [0.1, 0.15) is 5.69 Å². The second kappa shape index (κ2) is 4.17. The fourth-order valence-corrected chi connectivity index (χ4v) is 1.82. The maximum atomic E-state index is 11.6. The van der Waals surface area contributed by atoms with E-state index in [2.05, 4.69) is 9.97 Å². The van der Waals surface area contributed by atoms with Gasteiger partial charge in [-0.25, -0.2) is 4.98 Å². The highest BCUT2D eigenvalue weighted by Crippen LogP contribution is 2.28. The second-order valence-electron chi connectivity index (χ2n) is 3.65. The molecule has 90 valence electrons. The van der Waals surface area contributed by atoms with Gasteiger partial charge >= 0.3 is 5.97 Å². The Hall–Kier alpha value is -1.89. The number of carbonyl (C=O) groups is 2. The summed E-state index contributed by atoms with van der Waals surface area (Å²) in [5, 5.41) is 8.83. The Morgan fingerprint density at radius 3 is 2.88 bits per heavy atom. The van der Waals surface area contributed by atoms with Gasteiger partial charge in [0.15, 0.2) is 5.82 Å². The maximum Gasteiger partial charge on any atom is 0.308 e. The molecule has 0 bridgehead atoms. The molecule has 3 N–H and O–H groups in total. The van der Waals surface area contributed by atoms with Crippen molar-refractivity contribution in [3.05, 3.63) is 11.5 Å². The molecule has 2 heterocycles. The first kappa shape index (κ1) is 11.6. The number of halogens is 1. The van der Waals surface area contributed by atoms with E-state index < -0.39 is 11.9 Å². The zero-order valence-electron chi connectivity index (χ0n) is 8.63. The van der Waals surface area contributed by atoms with Gasteiger partial charge in [0.05, 0.1) is 12.1 Å². The topological polar surface area (TPSA) is 109 Å². The van der Waals surface area contributed by atoms with E-state index >= 15 is 0 Å². The Labute approximate surface area is 101 Å². The number of amides is 1. The number of aromatic nitrogens is 2. The molecule has 1 aromatic rings. The Morgan fingerprint density at radius 2 is 2.35 bits per heavy atom. The standard InChI is InChI=1S/C9H9ClN4O3/c10-9-12-2-5(7(11)13-9)14-3-4(8(16)17)1-6(14)15/h2,4H,1,3H2,(H,16,17)(H2,11,12,13). The van der Waals surface area contributed by atoms with Crippen LogP contribution in [0.2, 0.25) is 5.28 Å². The van der Waals surface area contributed by atoms with Crippen LogP contribution in [0, 0.1) is 5.92 Å². The number of nitrogens with two attached hydrogens (primary N) is 1. The van der Waals surface area contributed by atoms with Crippen LogP contribution in [0.4, 0.5) is 11.5 Å². The van der Waals surface area contributed by atoms with Crippen LogP contribution in [0.1, 0.15) is 6.42 Å². The van der Waals surface area contributed by atoms with Crippen LogP contribution >= 0.6 is 11.6 Å². The van der Waals surface area contributed by atoms with Crippen LogP contribution in [0.25, 0.3) is 0 Å². The predicted octanol–water partition coefficient (Wildman–Crippen LogP) is 0.150. The molecular weight excluding hydrogens is 248 g/mol. The smallest absolute Gasteiger partial charge is 0.308 e. The van der Waals surface area contributed by atoms with Crippen molar-refractivity contribution in [2.24, 2.45) is 5.92 Å². The van der Waals surface area contributed by atoms with E-state index in [1.165, 1.54) is 11.1 Å². The highest BCUT2D eigenvalue weighted by Gasteiger charge is 2.36. The van der Waals surface area contributed by atoms with Crippen molar-refractivity contribution in [1.82, 2.24) is 9.97 Å². The Bertz CT molecular complexity index is 493. The average Bonchev–Trinajstić information content (AvgIpc) is 2.61. The number of carbonyl (C=O) groups excluding carboxylic acids is 1. The third-order valence-corrected chi connectivity index (χ3v) is 2.72. The number of carboxylic acid groups (broad SMARTS) is 1. The van der Waals surface area contributed by atoms with Gasteiger partial charge in [0.25, 0.3) is 0 Å². The average molecular weight is 257 g/mol. The van der Waals surface area contributed by atoms with Crippen molar-refractivity contribution in [3.63, 3.8) is 0 Å². The van der Waals surface area contributed by atoms with Gasteiger partial charge in [-0.15, -0.1) is 0 Å². The van der Waals surface area contributed by atoms with E-state index in [1.807, 2.05) is 0 Å². The molecule has 1 atom stereocenters. The summed E-state index contributed by atoms with van der Waals surface area (Å²) in [5.74, 6) is -1.98. The molecule has 8 heteroatoms. The molecule has 2 rings (SSSR count). The first-order valence-corrected chi connectivity index (χ1v) is 5.18. The van der Waals surface area contributed by atoms with Gasteiger partial charge in [-0.05, 0) is 11.6 Å². The number of carboxylic acids is 1. The minimum atomic E-state index is -1.01. The summed E-state index contributed by atoms with van der Waals surface area (Å²) in [7, 11) is 0. The lowest BCUT2D eigenvalue weighted by Crippen LogP contribution is -2.27. The number of nitrogens with zero attached hydrogens (tertiary/aromatic N) is 3. The predicted molar refractivity (Wildman–Crippen MR) is 59.6 cm³/mol. The molecule has 1 aromatic heterocycles. The summed E-state index contributed by atoms with van der Waals surface area (Å²) < 4.78 is 0. The molecule has 1 fully saturated rings. The zero-order chi connectivity index (χ0) is 12.6. The fourth-order valence-electron chi connectivity index (χ4n) is 1.68. The molecule has 1 aliphatic heterocycles. The molecule has 0 saturated carbocycles. The molecule has 1 aliphatic rings. The third-order valence-electron chi connectivity index (χ3n) is 2.53. The van der Waals surface area contributed by atoms with Gasteiger partial charge in [-0.3, -0.25) is 9.59 Å². The largest absolute Gasteiger partial charge is 0.481 e. The molecule has 0 spiro atoms. The van der Waals surface area contributed by atoms with E-state index in [9.17, 15) is 9.59 Å². The highest BCUT2D eigenvalue weighted by atomic mass is 35.5. The van der Waals surface area contributed by atoms with Crippen LogP contribution in [0.3, 0.4) is 0 Å². The van der Waals surface area contributed by atoms with Crippen molar-refractivity contribution in [2.75, 3.05) is 17.2 Å². The summed E-state index contributed by atoms with van der Waals surface area (Å²) >= 11 is 5.54. The van der Waals surface area contributed by atoms with E-state index in [0.717, 1.165) is 0 Å². The quantitative estimate of drug-likeness (QED) is 0.729. The summed E-state index contributed by atoms with van der Waals surface area (Å²) in [6.45, 7) is 0.0728. The van der Waals surface area contributed by atoms with Gasteiger partial charge in [-0.2, -0.15) is 4.98 Å². The lowest BCUT2D eigenvalue weighted by atomic mass is 10.1. The van der Waals surface area contributed by atoms with Crippen molar-refractivity contribution < 1.29 is 14.7 Å². The SMILES string of the molecule is Nc1nc(Cl)ncc1N1CC(C(=O)O)CC1=O. The minimum Gasteiger partial charge on any atom is -0.481 e. The van der Waals surface area contributed by atoms with E-state index in [-0.39, 0.29) is 30.0 Å². The molecule has 1 amide bonds. The molecule has 1 saturated heterocycles. The normalized spacial score (nSPS) is 19.7. The van der Waals surface area contributed by atoms with Crippen LogP contribution in [-0.2, 0) is 9.59 Å². The molecular formula is C9H9ClN4O3. The number of anilines is 2. The number of aliphatic carboxylic acids is 1. The summed E-state index contributed by atoms with van der Waals surface area (Å²) in [6.07, 6.45) is 1.27. The van der Waals surface area contributed by atoms with E-state index in [0.29, 0.717) is 5.69 Å². The maximum absolute atomic E-state index is 11.6. The summed E-state index contributed by atoms with van der Waals surface area (Å²) in [5.41, 5.74) is 5.90. The number of hydrogen-bond acceptors (Lipinski definition) is 5. The van der Waals surface area contributed by atoms with Crippen LogP contribution < -0.4 is 10.6 Å². The molecule has 0 aromatic carbocycles. The first-order valence-electron chi connectivity index (χ1n) is 4.80. The molecule has 1 unspecified atom stereocenters. The lowest BCUT2D eigenvalue weighted by Gasteiger charge is -2.16. The third kappa shape index (κ3) is 2.14. The first-order chi connectivity index (χ1) is 7.99. The van der Waals surface area contributed by atoms with Gasteiger partial charge in [0, 0.05) is 13.0 Å². The van der Waals surface area contributed by atoms with Gasteiger partial charge < -0.3 is 15.7 Å². The monoisotopic (exact) mass is 256 g/mol. The summed E-state index contributed by atoms with van der Waals surface area (Å²) in [6, 6.07) is 0. The van der Waals surface area contributed by atoms with Crippen molar-refractivity contribution in [2.45, 2.75) is 6.42 Å². The van der Waals surface area contributed by atoms with Crippen molar-refractivity contribution >= 4 is 35.0 Å². The molecule has 0 radical (unpaired) electrons. The van der Waals surface area contributed by atoms with Gasteiger partial charge in [-0.1, -0.05) is 0 Å². The Morgan fingerprint density at radius 1 is 1.65 bits per heavy atom. The second-order valence-corrected chi connectivity index (χ2v) is 3.99.